The number of halogens is 2. The second-order valence-corrected chi connectivity index (χ2v) is 6.80. The molecular weight excluding hydrogens is 348 g/mol. The molecule has 3 rings (SSSR count). The van der Waals surface area contributed by atoms with Crippen molar-refractivity contribution < 1.29 is 0 Å². The van der Waals surface area contributed by atoms with E-state index in [2.05, 4.69) is 56.5 Å². The highest BCUT2D eigenvalue weighted by atomic mass is 79.9. The lowest BCUT2D eigenvalue weighted by Gasteiger charge is -2.18. The van der Waals surface area contributed by atoms with Crippen molar-refractivity contribution in [1.82, 2.24) is 4.90 Å². The Balaban J connectivity index is 1.57. The van der Waals surface area contributed by atoms with Gasteiger partial charge in [0.1, 0.15) is 0 Å². The predicted molar refractivity (Wildman–Crippen MR) is 92.9 cm³/mol. The number of benzene rings is 2. The first kappa shape index (κ1) is 14.9. The van der Waals surface area contributed by atoms with E-state index in [-0.39, 0.29) is 0 Å². The van der Waals surface area contributed by atoms with Gasteiger partial charge in [-0.05, 0) is 30.2 Å². The number of nitrogens with zero attached hydrogens (tertiary/aromatic N) is 1. The average molecular weight is 366 g/mol. The van der Waals surface area contributed by atoms with Gasteiger partial charge in [-0.1, -0.05) is 57.9 Å². The maximum absolute atomic E-state index is 6.27. The summed E-state index contributed by atoms with van der Waals surface area (Å²) in [5.41, 5.74) is 2.39. The molecule has 1 aliphatic heterocycles. The number of hydrogen-bond donors (Lipinski definition) is 1. The summed E-state index contributed by atoms with van der Waals surface area (Å²) in [4.78, 5) is 2.49. The average Bonchev–Trinajstić information content (AvgIpc) is 2.90. The van der Waals surface area contributed by atoms with Crippen molar-refractivity contribution in [1.29, 1.82) is 0 Å². The molecule has 0 bridgehead atoms. The number of rotatable bonds is 4. The van der Waals surface area contributed by atoms with Crippen molar-refractivity contribution in [3.8, 4) is 0 Å². The van der Waals surface area contributed by atoms with Gasteiger partial charge in [-0.25, -0.2) is 0 Å². The summed E-state index contributed by atoms with van der Waals surface area (Å²) in [5.74, 6) is 0. The van der Waals surface area contributed by atoms with E-state index in [1.54, 1.807) is 0 Å². The van der Waals surface area contributed by atoms with Gasteiger partial charge < -0.3 is 5.32 Å². The summed E-state index contributed by atoms with van der Waals surface area (Å²) in [6, 6.07) is 17.1. The van der Waals surface area contributed by atoms with E-state index in [1.807, 2.05) is 18.2 Å². The van der Waals surface area contributed by atoms with Crippen LogP contribution in [0.1, 0.15) is 12.0 Å². The minimum atomic E-state index is 0.465. The molecule has 1 saturated heterocycles. The van der Waals surface area contributed by atoms with Gasteiger partial charge in [0.2, 0.25) is 0 Å². The molecule has 4 heteroatoms. The van der Waals surface area contributed by atoms with Crippen molar-refractivity contribution >= 4 is 33.2 Å². The first-order valence-corrected chi connectivity index (χ1v) is 8.36. The summed E-state index contributed by atoms with van der Waals surface area (Å²) >= 11 is 9.70. The van der Waals surface area contributed by atoms with Crippen molar-refractivity contribution in [2.75, 3.05) is 18.4 Å². The molecule has 0 radical (unpaired) electrons. The molecule has 0 saturated carbocycles. The molecule has 0 spiro atoms. The Morgan fingerprint density at radius 2 is 2.00 bits per heavy atom. The summed E-state index contributed by atoms with van der Waals surface area (Å²) in [5, 5.41) is 4.33. The topological polar surface area (TPSA) is 15.3 Å². The molecule has 2 aromatic rings. The smallest absolute Gasteiger partial charge is 0.0648 e. The fourth-order valence-electron chi connectivity index (χ4n) is 2.76. The molecule has 2 nitrogen and oxygen atoms in total. The third-order valence-corrected chi connectivity index (χ3v) is 4.62. The number of hydrogen-bond acceptors (Lipinski definition) is 2. The lowest BCUT2D eigenvalue weighted by atomic mass is 10.2. The molecule has 1 unspecified atom stereocenters. The molecular formula is C17H18BrClN2. The van der Waals surface area contributed by atoms with Gasteiger partial charge in [-0.2, -0.15) is 0 Å². The van der Waals surface area contributed by atoms with E-state index in [0.717, 1.165) is 41.2 Å². The maximum Gasteiger partial charge on any atom is 0.0648 e. The van der Waals surface area contributed by atoms with Gasteiger partial charge in [-0.3, -0.25) is 4.90 Å². The van der Waals surface area contributed by atoms with Crippen LogP contribution in [-0.2, 0) is 6.54 Å². The van der Waals surface area contributed by atoms with Gasteiger partial charge in [0.15, 0.2) is 0 Å². The van der Waals surface area contributed by atoms with Crippen LogP contribution in [0, 0.1) is 0 Å². The molecule has 0 amide bonds. The molecule has 110 valence electrons. The molecule has 0 aliphatic carbocycles. The SMILES string of the molecule is Clc1cc(Br)ccc1NC1CCN(Cc2ccccc2)C1. The predicted octanol–water partition coefficient (Wildman–Crippen LogP) is 4.79. The Labute approximate surface area is 139 Å². The normalized spacial score (nSPS) is 18.9. The molecule has 1 N–H and O–H groups in total. The fraction of sp³-hybridized carbons (Fsp3) is 0.294. The van der Waals surface area contributed by atoms with Gasteiger partial charge >= 0.3 is 0 Å². The van der Waals surface area contributed by atoms with E-state index in [0.29, 0.717) is 6.04 Å². The van der Waals surface area contributed by atoms with E-state index in [1.165, 1.54) is 5.56 Å². The molecule has 1 fully saturated rings. The standard InChI is InChI=1S/C17H18BrClN2/c18-14-6-7-17(16(19)10-14)20-15-8-9-21(12-15)11-13-4-2-1-3-5-13/h1-7,10,15,20H,8-9,11-12H2. The minimum absolute atomic E-state index is 0.465. The Morgan fingerprint density at radius 3 is 2.76 bits per heavy atom. The first-order valence-electron chi connectivity index (χ1n) is 7.18. The molecule has 1 atom stereocenters. The van der Waals surface area contributed by atoms with E-state index in [9.17, 15) is 0 Å². The fourth-order valence-corrected chi connectivity index (χ4v) is 3.49. The lowest BCUT2D eigenvalue weighted by molar-refractivity contribution is 0.328. The summed E-state index contributed by atoms with van der Waals surface area (Å²) in [7, 11) is 0. The van der Waals surface area contributed by atoms with E-state index < -0.39 is 0 Å². The van der Waals surface area contributed by atoms with Crippen LogP contribution < -0.4 is 5.32 Å². The monoisotopic (exact) mass is 364 g/mol. The molecule has 2 aromatic carbocycles. The lowest BCUT2D eigenvalue weighted by Crippen LogP contribution is -2.26. The Hall–Kier alpha value is -1.03. The summed E-state index contributed by atoms with van der Waals surface area (Å²) in [6.45, 7) is 3.20. The number of likely N-dealkylation sites (tertiary alicyclic amines) is 1. The minimum Gasteiger partial charge on any atom is -0.380 e. The summed E-state index contributed by atoms with van der Waals surface area (Å²) in [6.07, 6.45) is 1.15. The van der Waals surface area contributed by atoms with Gasteiger partial charge in [0, 0.05) is 30.1 Å². The molecule has 1 aliphatic rings. The third kappa shape index (κ3) is 4.00. The molecule has 1 heterocycles. The van der Waals surface area contributed by atoms with Crippen LogP contribution in [0.5, 0.6) is 0 Å². The highest BCUT2D eigenvalue weighted by Gasteiger charge is 2.22. The number of nitrogens with one attached hydrogen (secondary N) is 1. The number of anilines is 1. The zero-order valence-corrected chi connectivity index (χ0v) is 14.1. The van der Waals surface area contributed by atoms with Gasteiger partial charge in [-0.15, -0.1) is 0 Å². The van der Waals surface area contributed by atoms with Crippen LogP contribution in [0.2, 0.25) is 5.02 Å². The molecule has 21 heavy (non-hydrogen) atoms. The highest BCUT2D eigenvalue weighted by molar-refractivity contribution is 9.10. The Bertz CT molecular complexity index is 603. The van der Waals surface area contributed by atoms with E-state index in [4.69, 9.17) is 11.6 Å². The first-order chi connectivity index (χ1) is 10.2. The van der Waals surface area contributed by atoms with Crippen molar-refractivity contribution in [3.63, 3.8) is 0 Å². The van der Waals surface area contributed by atoms with Crippen LogP contribution >= 0.6 is 27.5 Å². The Kier molecular flexibility index (Phi) is 4.84. The summed E-state index contributed by atoms with van der Waals surface area (Å²) < 4.78 is 1.01. The van der Waals surface area contributed by atoms with Crippen LogP contribution in [0.25, 0.3) is 0 Å². The van der Waals surface area contributed by atoms with Crippen molar-refractivity contribution in [2.45, 2.75) is 19.0 Å². The van der Waals surface area contributed by atoms with Gasteiger partial charge in [0.25, 0.3) is 0 Å². The van der Waals surface area contributed by atoms with Crippen LogP contribution in [-0.4, -0.2) is 24.0 Å². The zero-order chi connectivity index (χ0) is 14.7. The molecule has 0 aromatic heterocycles. The van der Waals surface area contributed by atoms with Crippen LogP contribution in [0.3, 0.4) is 0 Å². The maximum atomic E-state index is 6.27. The largest absolute Gasteiger partial charge is 0.380 e. The van der Waals surface area contributed by atoms with Crippen LogP contribution in [0.4, 0.5) is 5.69 Å². The second-order valence-electron chi connectivity index (χ2n) is 5.47. The zero-order valence-electron chi connectivity index (χ0n) is 11.7. The van der Waals surface area contributed by atoms with Crippen LogP contribution in [0.15, 0.2) is 53.0 Å². The third-order valence-electron chi connectivity index (χ3n) is 3.81. The Morgan fingerprint density at radius 1 is 1.19 bits per heavy atom. The van der Waals surface area contributed by atoms with Crippen molar-refractivity contribution in [2.24, 2.45) is 0 Å². The van der Waals surface area contributed by atoms with E-state index >= 15 is 0 Å². The van der Waals surface area contributed by atoms with Gasteiger partial charge in [0.05, 0.1) is 10.7 Å². The highest BCUT2D eigenvalue weighted by Crippen LogP contribution is 2.27. The van der Waals surface area contributed by atoms with Crippen molar-refractivity contribution in [3.05, 3.63) is 63.6 Å². The second kappa shape index (κ2) is 6.82. The quantitative estimate of drug-likeness (QED) is 0.838.